The van der Waals surface area contributed by atoms with Crippen LogP contribution in [0.4, 0.5) is 4.39 Å². The Hall–Kier alpha value is -6.78. The molecule has 0 atom stereocenters. The molecule has 9 aromatic rings. The van der Waals surface area contributed by atoms with Crippen LogP contribution >= 0.6 is 0 Å². The fourth-order valence-electron chi connectivity index (χ4n) is 7.85. The van der Waals surface area contributed by atoms with Gasteiger partial charge in [-0.3, -0.25) is 4.99 Å². The van der Waals surface area contributed by atoms with E-state index >= 15 is 0 Å². The smallest absolute Gasteiger partial charge is 0.135 e. The summed E-state index contributed by atoms with van der Waals surface area (Å²) in [6.07, 6.45) is 3.73. The molecule has 0 amide bonds. The van der Waals surface area contributed by atoms with E-state index in [2.05, 4.69) is 116 Å². The van der Waals surface area contributed by atoms with Crippen LogP contribution in [0.1, 0.15) is 36.5 Å². The van der Waals surface area contributed by atoms with Crippen LogP contribution in [0.15, 0.2) is 183 Å². The lowest BCUT2D eigenvalue weighted by atomic mass is 9.88. The van der Waals surface area contributed by atoms with E-state index in [1.165, 1.54) is 17.7 Å². The van der Waals surface area contributed by atoms with Crippen molar-refractivity contribution in [2.24, 2.45) is 4.99 Å². The average Bonchev–Trinajstić information content (AvgIpc) is 3.72. The van der Waals surface area contributed by atoms with Crippen LogP contribution in [0.2, 0.25) is 0 Å². The molecule has 0 saturated heterocycles. The third kappa shape index (κ3) is 5.64. The SMILES string of the molecule is CCC1=C(c2cc(-c3ccc4oc5ccccc5c4c3)cc(-c3ccc4oc5ccccc5c4c3)c2)C=C(c2ccc(F)cc2)N=C(c2ccccc2)C1. The molecule has 3 nitrogen and oxygen atoms in total. The molecule has 0 unspecified atom stereocenters. The van der Waals surface area contributed by atoms with Crippen molar-refractivity contribution in [2.75, 3.05) is 0 Å². The molecule has 7 aromatic carbocycles. The maximum absolute atomic E-state index is 14.2. The maximum Gasteiger partial charge on any atom is 0.135 e. The maximum atomic E-state index is 14.2. The molecule has 258 valence electrons. The molecule has 10 rings (SSSR count). The summed E-state index contributed by atoms with van der Waals surface area (Å²) in [5.41, 5.74) is 15.1. The van der Waals surface area contributed by atoms with Gasteiger partial charge in [0.25, 0.3) is 0 Å². The summed E-state index contributed by atoms with van der Waals surface area (Å²) >= 11 is 0. The summed E-state index contributed by atoms with van der Waals surface area (Å²) in [7, 11) is 0. The van der Waals surface area contributed by atoms with Crippen LogP contribution < -0.4 is 0 Å². The van der Waals surface area contributed by atoms with Crippen molar-refractivity contribution in [1.82, 2.24) is 0 Å². The Balaban J connectivity index is 1.21. The number of allylic oxidation sites excluding steroid dienone is 3. The van der Waals surface area contributed by atoms with Crippen molar-refractivity contribution in [3.63, 3.8) is 0 Å². The van der Waals surface area contributed by atoms with Gasteiger partial charge in [-0.25, -0.2) is 4.39 Å². The van der Waals surface area contributed by atoms with E-state index in [0.717, 1.165) is 106 Å². The van der Waals surface area contributed by atoms with Gasteiger partial charge in [0.2, 0.25) is 0 Å². The van der Waals surface area contributed by atoms with Crippen molar-refractivity contribution >= 4 is 60.9 Å². The van der Waals surface area contributed by atoms with Gasteiger partial charge in [-0.15, -0.1) is 0 Å². The third-order valence-corrected chi connectivity index (χ3v) is 10.6. The Bertz CT molecular complexity index is 2860. The predicted molar refractivity (Wildman–Crippen MR) is 221 cm³/mol. The largest absolute Gasteiger partial charge is 0.456 e. The molecule has 0 saturated carbocycles. The highest BCUT2D eigenvalue weighted by Gasteiger charge is 2.20. The van der Waals surface area contributed by atoms with Gasteiger partial charge < -0.3 is 8.83 Å². The lowest BCUT2D eigenvalue weighted by molar-refractivity contribution is 0.627. The molecule has 4 heteroatoms. The summed E-state index contributed by atoms with van der Waals surface area (Å²) in [5.74, 6) is -0.271. The number of hydrogen-bond acceptors (Lipinski definition) is 3. The number of aliphatic imine (C=N–C) groups is 1. The fraction of sp³-hybridized carbons (Fsp3) is 0.0600. The average molecular weight is 700 g/mol. The van der Waals surface area contributed by atoms with E-state index in [1.807, 2.05) is 42.5 Å². The second kappa shape index (κ2) is 13.0. The van der Waals surface area contributed by atoms with Crippen molar-refractivity contribution in [2.45, 2.75) is 19.8 Å². The van der Waals surface area contributed by atoms with E-state index in [-0.39, 0.29) is 5.82 Å². The van der Waals surface area contributed by atoms with Gasteiger partial charge in [-0.2, -0.15) is 0 Å². The Morgan fingerprint density at radius 2 is 1.00 bits per heavy atom. The Kier molecular flexibility index (Phi) is 7.69. The van der Waals surface area contributed by atoms with Gasteiger partial charge in [-0.05, 0) is 130 Å². The lowest BCUT2D eigenvalue weighted by Crippen LogP contribution is -2.03. The number of furan rings is 2. The highest BCUT2D eigenvalue weighted by molar-refractivity contribution is 6.09. The van der Waals surface area contributed by atoms with Crippen molar-refractivity contribution < 1.29 is 13.2 Å². The summed E-state index contributed by atoms with van der Waals surface area (Å²) < 4.78 is 26.6. The van der Waals surface area contributed by atoms with E-state index < -0.39 is 0 Å². The number of halogens is 1. The molecule has 0 N–H and O–H groups in total. The first-order valence-corrected chi connectivity index (χ1v) is 18.4. The van der Waals surface area contributed by atoms with Gasteiger partial charge in [0.05, 0.1) is 11.4 Å². The summed E-state index contributed by atoms with van der Waals surface area (Å²) in [6.45, 7) is 2.22. The lowest BCUT2D eigenvalue weighted by Gasteiger charge is -2.15. The monoisotopic (exact) mass is 699 g/mol. The second-order valence-corrected chi connectivity index (χ2v) is 13.9. The van der Waals surface area contributed by atoms with Crippen molar-refractivity contribution in [3.8, 4) is 22.3 Å². The van der Waals surface area contributed by atoms with Crippen LogP contribution in [0.3, 0.4) is 0 Å². The van der Waals surface area contributed by atoms with Gasteiger partial charge >= 0.3 is 0 Å². The number of benzene rings is 7. The fourth-order valence-corrected chi connectivity index (χ4v) is 7.85. The number of fused-ring (bicyclic) bond motifs is 6. The minimum atomic E-state index is -0.271. The van der Waals surface area contributed by atoms with Crippen LogP contribution in [0, 0.1) is 5.82 Å². The predicted octanol–water partition coefficient (Wildman–Crippen LogP) is 14.1. The van der Waals surface area contributed by atoms with E-state index in [9.17, 15) is 4.39 Å². The highest BCUT2D eigenvalue weighted by Crippen LogP contribution is 2.40. The van der Waals surface area contributed by atoms with Gasteiger partial charge in [0, 0.05) is 33.5 Å². The van der Waals surface area contributed by atoms with Crippen molar-refractivity contribution in [3.05, 3.63) is 192 Å². The molecule has 0 aliphatic carbocycles. The van der Waals surface area contributed by atoms with Crippen LogP contribution in [-0.2, 0) is 0 Å². The molecule has 1 aliphatic heterocycles. The van der Waals surface area contributed by atoms with E-state index in [4.69, 9.17) is 13.8 Å². The number of nitrogens with zero attached hydrogens (tertiary/aromatic N) is 1. The molecule has 2 aromatic heterocycles. The van der Waals surface area contributed by atoms with E-state index in [1.54, 1.807) is 0 Å². The summed E-state index contributed by atoms with van der Waals surface area (Å²) in [5, 5.41) is 4.37. The zero-order valence-electron chi connectivity index (χ0n) is 29.6. The first-order valence-electron chi connectivity index (χ1n) is 18.4. The second-order valence-electron chi connectivity index (χ2n) is 13.9. The molecule has 1 aliphatic rings. The van der Waals surface area contributed by atoms with Gasteiger partial charge in [-0.1, -0.05) is 91.4 Å². The van der Waals surface area contributed by atoms with Crippen LogP contribution in [0.25, 0.3) is 77.4 Å². The van der Waals surface area contributed by atoms with Gasteiger partial charge in [0.1, 0.15) is 28.1 Å². The number of para-hydroxylation sites is 2. The molecular weight excluding hydrogens is 666 g/mol. The molecule has 54 heavy (non-hydrogen) atoms. The minimum absolute atomic E-state index is 0.271. The zero-order valence-corrected chi connectivity index (χ0v) is 29.6. The normalized spacial score (nSPS) is 13.5. The summed E-state index contributed by atoms with van der Waals surface area (Å²) in [4.78, 5) is 5.29. The molecule has 0 bridgehead atoms. The molecule has 0 spiro atoms. The first-order chi connectivity index (χ1) is 26.6. The molecule has 3 heterocycles. The Labute approximate surface area is 312 Å². The number of hydrogen-bond donors (Lipinski definition) is 0. The van der Waals surface area contributed by atoms with Crippen LogP contribution in [0.5, 0.6) is 0 Å². The summed E-state index contributed by atoms with van der Waals surface area (Å²) in [6, 6.07) is 53.3. The van der Waals surface area contributed by atoms with Crippen LogP contribution in [-0.4, -0.2) is 5.71 Å². The third-order valence-electron chi connectivity index (χ3n) is 10.6. The minimum Gasteiger partial charge on any atom is -0.456 e. The molecule has 0 fully saturated rings. The molecular formula is C50H34FNO2. The van der Waals surface area contributed by atoms with Gasteiger partial charge in [0.15, 0.2) is 0 Å². The standard InChI is InChI=1S/C50H34FNO2/c1-2-31-29-45(32-10-4-3-5-11-32)52-46(33-16-20-39(51)21-17-33)30-42(31)38-25-36(34-18-22-49-43(27-34)40-12-6-8-14-47(40)53-49)24-37(26-38)35-19-23-50-44(28-35)41-13-7-9-15-48(41)54-50/h3-28,30H,2,29H2,1H3. The Morgan fingerprint density at radius 1 is 0.481 bits per heavy atom. The topological polar surface area (TPSA) is 38.6 Å². The number of rotatable bonds is 6. The first kappa shape index (κ1) is 31.9. The molecule has 0 radical (unpaired) electrons. The Morgan fingerprint density at radius 3 is 1.59 bits per heavy atom. The zero-order chi connectivity index (χ0) is 36.2. The quantitative estimate of drug-likeness (QED) is 0.173. The van der Waals surface area contributed by atoms with E-state index in [0.29, 0.717) is 6.42 Å². The highest BCUT2D eigenvalue weighted by atomic mass is 19.1. The van der Waals surface area contributed by atoms with Crippen molar-refractivity contribution in [1.29, 1.82) is 0 Å².